The number of aromatic nitrogens is 2. The summed E-state index contributed by atoms with van der Waals surface area (Å²) in [6, 6.07) is 3.33. The van der Waals surface area contributed by atoms with Crippen LogP contribution in [0.2, 0.25) is 0 Å². The van der Waals surface area contributed by atoms with E-state index in [1.165, 1.54) is 0 Å². The minimum atomic E-state index is -0.439. The van der Waals surface area contributed by atoms with Crippen LogP contribution >= 0.6 is 0 Å². The van der Waals surface area contributed by atoms with Gasteiger partial charge in [0.15, 0.2) is 5.69 Å². The van der Waals surface area contributed by atoms with Crippen molar-refractivity contribution in [3.8, 4) is 0 Å². The molecule has 0 aliphatic rings. The first kappa shape index (κ1) is 12.4. The molecule has 0 fully saturated rings. The molecule has 0 aromatic carbocycles. The average molecular weight is 223 g/mol. The molecule has 0 amide bonds. The number of ether oxygens (including phenoxy) is 1. The summed E-state index contributed by atoms with van der Waals surface area (Å²) in [5.41, 5.74) is 0.233. The average Bonchev–Trinajstić information content (AvgIpc) is 2.27. The van der Waals surface area contributed by atoms with E-state index in [9.17, 15) is 4.79 Å². The van der Waals surface area contributed by atoms with Crippen LogP contribution in [0.3, 0.4) is 0 Å². The number of esters is 1. The van der Waals surface area contributed by atoms with Gasteiger partial charge in [-0.05, 0) is 25.0 Å². The molecule has 1 heterocycles. The summed E-state index contributed by atoms with van der Waals surface area (Å²) in [7, 11) is 0. The molecule has 1 N–H and O–H groups in total. The number of anilines is 1. The van der Waals surface area contributed by atoms with Gasteiger partial charge in [-0.3, -0.25) is 0 Å². The van der Waals surface area contributed by atoms with Gasteiger partial charge in [0.2, 0.25) is 0 Å². The summed E-state index contributed by atoms with van der Waals surface area (Å²) in [6.07, 6.45) is 0. The highest BCUT2D eigenvalue weighted by molar-refractivity contribution is 5.87. The van der Waals surface area contributed by atoms with Gasteiger partial charge >= 0.3 is 5.97 Å². The van der Waals surface area contributed by atoms with E-state index in [2.05, 4.69) is 29.4 Å². The second kappa shape index (κ2) is 6.05. The largest absolute Gasteiger partial charge is 0.461 e. The van der Waals surface area contributed by atoms with Gasteiger partial charge in [0.1, 0.15) is 5.82 Å². The van der Waals surface area contributed by atoms with Crippen LogP contribution in [0.1, 0.15) is 31.3 Å². The van der Waals surface area contributed by atoms with Gasteiger partial charge in [-0.1, -0.05) is 13.8 Å². The second-order valence-electron chi connectivity index (χ2n) is 3.80. The first-order valence-electron chi connectivity index (χ1n) is 5.38. The highest BCUT2D eigenvalue weighted by Crippen LogP contribution is 2.04. The highest BCUT2D eigenvalue weighted by atomic mass is 16.5. The predicted octanol–water partition coefficient (Wildman–Crippen LogP) is 1.72. The van der Waals surface area contributed by atoms with Crippen molar-refractivity contribution >= 4 is 11.8 Å². The lowest BCUT2D eigenvalue weighted by atomic mass is 10.2. The lowest BCUT2D eigenvalue weighted by molar-refractivity contribution is 0.0518. The molecule has 0 bridgehead atoms. The van der Waals surface area contributed by atoms with Crippen molar-refractivity contribution in [1.82, 2.24) is 10.2 Å². The quantitative estimate of drug-likeness (QED) is 0.770. The van der Waals surface area contributed by atoms with E-state index in [1.54, 1.807) is 19.1 Å². The molecule has 0 aliphatic carbocycles. The van der Waals surface area contributed by atoms with Crippen LogP contribution < -0.4 is 5.32 Å². The molecule has 5 nitrogen and oxygen atoms in total. The molecule has 1 aromatic rings. The van der Waals surface area contributed by atoms with E-state index >= 15 is 0 Å². The first-order chi connectivity index (χ1) is 7.63. The smallest absolute Gasteiger partial charge is 0.358 e. The fraction of sp³-hybridized carbons (Fsp3) is 0.545. The third-order valence-corrected chi connectivity index (χ3v) is 1.84. The Morgan fingerprint density at radius 1 is 1.44 bits per heavy atom. The maximum Gasteiger partial charge on any atom is 0.358 e. The van der Waals surface area contributed by atoms with E-state index in [4.69, 9.17) is 4.74 Å². The van der Waals surface area contributed by atoms with Crippen molar-refractivity contribution in [1.29, 1.82) is 0 Å². The molecule has 1 rings (SSSR count). The zero-order valence-electron chi connectivity index (χ0n) is 9.86. The third kappa shape index (κ3) is 3.84. The van der Waals surface area contributed by atoms with E-state index in [1.807, 2.05) is 0 Å². The van der Waals surface area contributed by atoms with Crippen molar-refractivity contribution in [3.63, 3.8) is 0 Å². The summed E-state index contributed by atoms with van der Waals surface area (Å²) in [6.45, 7) is 7.13. The van der Waals surface area contributed by atoms with Gasteiger partial charge in [0.25, 0.3) is 0 Å². The molecule has 0 saturated carbocycles. The van der Waals surface area contributed by atoms with Gasteiger partial charge in [0, 0.05) is 6.54 Å². The molecule has 0 aliphatic heterocycles. The molecule has 0 atom stereocenters. The van der Waals surface area contributed by atoms with Crippen LogP contribution in [0.5, 0.6) is 0 Å². The zero-order chi connectivity index (χ0) is 12.0. The number of rotatable bonds is 5. The standard InChI is InChI=1S/C11H17N3O2/c1-4-16-11(15)9-5-6-10(14-13-9)12-7-8(2)3/h5-6,8H,4,7H2,1-3H3,(H,12,14). The molecule has 16 heavy (non-hydrogen) atoms. The Bertz CT molecular complexity index is 336. The monoisotopic (exact) mass is 223 g/mol. The Hall–Kier alpha value is -1.65. The van der Waals surface area contributed by atoms with E-state index < -0.39 is 5.97 Å². The fourth-order valence-electron chi connectivity index (χ4n) is 1.05. The molecule has 0 radical (unpaired) electrons. The molecule has 0 unspecified atom stereocenters. The Kier molecular flexibility index (Phi) is 4.69. The number of hydrogen-bond donors (Lipinski definition) is 1. The van der Waals surface area contributed by atoms with E-state index in [0.29, 0.717) is 18.3 Å². The molecular formula is C11H17N3O2. The summed E-state index contributed by atoms with van der Waals surface area (Å²) >= 11 is 0. The highest BCUT2D eigenvalue weighted by Gasteiger charge is 2.08. The summed E-state index contributed by atoms with van der Waals surface area (Å²) in [5.74, 6) is 0.763. The van der Waals surface area contributed by atoms with Crippen LogP contribution in [-0.4, -0.2) is 29.3 Å². The Morgan fingerprint density at radius 2 is 2.19 bits per heavy atom. The second-order valence-corrected chi connectivity index (χ2v) is 3.80. The van der Waals surface area contributed by atoms with Crippen LogP contribution in [0.15, 0.2) is 12.1 Å². The van der Waals surface area contributed by atoms with E-state index in [0.717, 1.165) is 6.54 Å². The molecule has 0 spiro atoms. The SMILES string of the molecule is CCOC(=O)c1ccc(NCC(C)C)nn1. The number of hydrogen-bond acceptors (Lipinski definition) is 5. The van der Waals surface area contributed by atoms with Crippen LogP contribution in [0.25, 0.3) is 0 Å². The number of nitrogens with one attached hydrogen (secondary N) is 1. The minimum absolute atomic E-state index is 0.233. The topological polar surface area (TPSA) is 64.1 Å². The zero-order valence-corrected chi connectivity index (χ0v) is 9.86. The summed E-state index contributed by atoms with van der Waals surface area (Å²) < 4.78 is 4.80. The first-order valence-corrected chi connectivity index (χ1v) is 5.38. The van der Waals surface area contributed by atoms with Crippen LogP contribution in [-0.2, 0) is 4.74 Å². The van der Waals surface area contributed by atoms with Crippen molar-refractivity contribution in [2.45, 2.75) is 20.8 Å². The number of nitrogens with zero attached hydrogens (tertiary/aromatic N) is 2. The third-order valence-electron chi connectivity index (χ3n) is 1.84. The minimum Gasteiger partial charge on any atom is -0.461 e. The van der Waals surface area contributed by atoms with Crippen molar-refractivity contribution in [3.05, 3.63) is 17.8 Å². The maximum atomic E-state index is 11.3. The molecule has 88 valence electrons. The molecule has 1 aromatic heterocycles. The fourth-order valence-corrected chi connectivity index (χ4v) is 1.05. The van der Waals surface area contributed by atoms with Crippen molar-refractivity contribution in [2.75, 3.05) is 18.5 Å². The molecule has 5 heteroatoms. The summed E-state index contributed by atoms with van der Waals surface area (Å²) in [4.78, 5) is 11.3. The lowest BCUT2D eigenvalue weighted by Crippen LogP contribution is -2.12. The maximum absolute atomic E-state index is 11.3. The molecular weight excluding hydrogens is 206 g/mol. The van der Waals surface area contributed by atoms with Crippen LogP contribution in [0, 0.1) is 5.92 Å². The normalized spacial score (nSPS) is 10.2. The van der Waals surface area contributed by atoms with Gasteiger partial charge in [-0.15, -0.1) is 10.2 Å². The van der Waals surface area contributed by atoms with Crippen molar-refractivity contribution < 1.29 is 9.53 Å². The Balaban J connectivity index is 2.57. The van der Waals surface area contributed by atoms with Crippen molar-refractivity contribution in [2.24, 2.45) is 5.92 Å². The molecule has 0 saturated heterocycles. The number of carbonyl (C=O) groups is 1. The van der Waals surface area contributed by atoms with Gasteiger partial charge in [-0.25, -0.2) is 4.79 Å². The van der Waals surface area contributed by atoms with Gasteiger partial charge in [-0.2, -0.15) is 0 Å². The summed E-state index contributed by atoms with van der Waals surface area (Å²) in [5, 5.41) is 10.8. The van der Waals surface area contributed by atoms with Gasteiger partial charge < -0.3 is 10.1 Å². The Morgan fingerprint density at radius 3 is 2.69 bits per heavy atom. The predicted molar refractivity (Wildman–Crippen MR) is 61.3 cm³/mol. The number of carbonyl (C=O) groups excluding carboxylic acids is 1. The van der Waals surface area contributed by atoms with Gasteiger partial charge in [0.05, 0.1) is 6.61 Å². The van der Waals surface area contributed by atoms with Crippen LogP contribution in [0.4, 0.5) is 5.82 Å². The van der Waals surface area contributed by atoms with E-state index in [-0.39, 0.29) is 5.69 Å². The Labute approximate surface area is 95.2 Å². The lowest BCUT2D eigenvalue weighted by Gasteiger charge is -2.07.